The van der Waals surface area contributed by atoms with Gasteiger partial charge < -0.3 is 11.1 Å². The van der Waals surface area contributed by atoms with E-state index in [-0.39, 0.29) is 0 Å². The highest BCUT2D eigenvalue weighted by Gasteiger charge is 2.36. The van der Waals surface area contributed by atoms with E-state index in [0.717, 1.165) is 23.7 Å². The molecule has 2 aromatic rings. The Bertz CT molecular complexity index is 582. The summed E-state index contributed by atoms with van der Waals surface area (Å²) in [5.41, 5.74) is 7.62. The van der Waals surface area contributed by atoms with Crippen LogP contribution in [0.3, 0.4) is 0 Å². The molecule has 0 radical (unpaired) electrons. The molecule has 2 aliphatic rings. The first-order valence-electron chi connectivity index (χ1n) is 6.34. The Hall–Kier alpha value is -1.71. The summed E-state index contributed by atoms with van der Waals surface area (Å²) >= 11 is 0. The quantitative estimate of drug-likeness (QED) is 0.737. The molecular weight excluding hydrogens is 212 g/mol. The van der Waals surface area contributed by atoms with Crippen molar-refractivity contribution in [2.24, 2.45) is 5.92 Å². The largest absolute Gasteiger partial charge is 0.399 e. The molecule has 1 aliphatic carbocycles. The van der Waals surface area contributed by atoms with Crippen LogP contribution in [0, 0.1) is 5.92 Å². The third-order valence-corrected chi connectivity index (χ3v) is 3.93. The van der Waals surface area contributed by atoms with Gasteiger partial charge >= 0.3 is 0 Å². The Kier molecular flexibility index (Phi) is 1.73. The van der Waals surface area contributed by atoms with Gasteiger partial charge in [0, 0.05) is 17.6 Å². The number of hydrogen-bond donors (Lipinski definition) is 2. The monoisotopic (exact) mass is 228 g/mol. The number of rotatable bonds is 1. The summed E-state index contributed by atoms with van der Waals surface area (Å²) in [5.74, 6) is 2.03. The summed E-state index contributed by atoms with van der Waals surface area (Å²) < 4.78 is 2.20. The lowest BCUT2D eigenvalue weighted by Crippen LogP contribution is -2.24. The number of benzene rings is 1. The zero-order valence-electron chi connectivity index (χ0n) is 9.69. The number of fused-ring (bicyclic) bond motifs is 3. The number of nitrogens with one attached hydrogen (secondary N) is 1. The molecular formula is C13H16N4. The van der Waals surface area contributed by atoms with E-state index in [1.807, 2.05) is 12.1 Å². The number of nitrogens with zero attached hydrogens (tertiary/aromatic N) is 2. The van der Waals surface area contributed by atoms with Crippen molar-refractivity contribution in [3.63, 3.8) is 0 Å². The highest BCUT2D eigenvalue weighted by molar-refractivity contribution is 5.92. The summed E-state index contributed by atoms with van der Waals surface area (Å²) in [5, 5.41) is 9.41. The van der Waals surface area contributed by atoms with Gasteiger partial charge in [0.1, 0.15) is 5.82 Å². The van der Waals surface area contributed by atoms with Gasteiger partial charge in [-0.2, -0.15) is 5.10 Å². The van der Waals surface area contributed by atoms with Crippen LogP contribution < -0.4 is 11.1 Å². The first kappa shape index (κ1) is 9.33. The van der Waals surface area contributed by atoms with Gasteiger partial charge in [-0.25, -0.2) is 4.68 Å². The molecule has 1 saturated carbocycles. The second-order valence-electron chi connectivity index (χ2n) is 5.19. The molecule has 1 unspecified atom stereocenters. The fourth-order valence-electron chi connectivity index (χ4n) is 2.91. The Morgan fingerprint density at radius 1 is 1.29 bits per heavy atom. The predicted octanol–water partition coefficient (Wildman–Crippen LogP) is 2.39. The summed E-state index contributed by atoms with van der Waals surface area (Å²) in [6, 6.07) is 6.59. The van der Waals surface area contributed by atoms with E-state index >= 15 is 0 Å². The lowest BCUT2D eigenvalue weighted by atomic mass is 10.1. The van der Waals surface area contributed by atoms with E-state index in [4.69, 9.17) is 10.8 Å². The topological polar surface area (TPSA) is 55.9 Å². The van der Waals surface area contributed by atoms with Crippen LogP contribution in [-0.2, 0) is 0 Å². The van der Waals surface area contributed by atoms with Crippen LogP contribution >= 0.6 is 0 Å². The molecule has 4 heteroatoms. The molecule has 1 aliphatic heterocycles. The van der Waals surface area contributed by atoms with E-state index in [1.54, 1.807) is 0 Å². The van der Waals surface area contributed by atoms with Crippen molar-refractivity contribution >= 4 is 22.4 Å². The van der Waals surface area contributed by atoms with E-state index in [2.05, 4.69) is 16.1 Å². The van der Waals surface area contributed by atoms with Crippen LogP contribution in [0.1, 0.15) is 25.3 Å². The molecule has 3 N–H and O–H groups in total. The molecule has 2 heterocycles. The smallest absolute Gasteiger partial charge is 0.132 e. The van der Waals surface area contributed by atoms with Crippen LogP contribution in [0.2, 0.25) is 0 Å². The van der Waals surface area contributed by atoms with Crippen molar-refractivity contribution in [1.82, 2.24) is 9.78 Å². The van der Waals surface area contributed by atoms with Crippen LogP contribution in [0.5, 0.6) is 0 Å². The van der Waals surface area contributed by atoms with Crippen molar-refractivity contribution in [2.45, 2.75) is 25.3 Å². The maximum absolute atomic E-state index is 5.82. The number of anilines is 2. The molecule has 0 amide bonds. The molecule has 1 atom stereocenters. The van der Waals surface area contributed by atoms with E-state index < -0.39 is 0 Å². The number of aromatic nitrogens is 2. The van der Waals surface area contributed by atoms with Gasteiger partial charge in [0.15, 0.2) is 0 Å². The molecule has 4 nitrogen and oxygen atoms in total. The maximum atomic E-state index is 5.82. The van der Waals surface area contributed by atoms with Crippen molar-refractivity contribution in [3.8, 4) is 0 Å². The highest BCUT2D eigenvalue weighted by Crippen LogP contribution is 2.45. The van der Waals surface area contributed by atoms with Gasteiger partial charge in [-0.15, -0.1) is 0 Å². The third-order valence-electron chi connectivity index (χ3n) is 3.93. The molecule has 1 aromatic carbocycles. The second-order valence-corrected chi connectivity index (χ2v) is 5.19. The Morgan fingerprint density at radius 3 is 3.00 bits per heavy atom. The summed E-state index contributed by atoms with van der Waals surface area (Å²) in [4.78, 5) is 0. The normalized spacial score (nSPS) is 23.4. The van der Waals surface area contributed by atoms with Crippen LogP contribution in [-0.4, -0.2) is 16.3 Å². The highest BCUT2D eigenvalue weighted by atomic mass is 15.4. The van der Waals surface area contributed by atoms with Crippen LogP contribution in [0.25, 0.3) is 10.9 Å². The summed E-state index contributed by atoms with van der Waals surface area (Å²) in [6.45, 7) is 1.06. The van der Waals surface area contributed by atoms with Gasteiger partial charge in [-0.1, -0.05) is 0 Å². The van der Waals surface area contributed by atoms with Gasteiger partial charge in [0.25, 0.3) is 0 Å². The minimum Gasteiger partial charge on any atom is -0.399 e. The van der Waals surface area contributed by atoms with E-state index in [0.29, 0.717) is 6.04 Å². The minimum atomic E-state index is 0.597. The van der Waals surface area contributed by atoms with Crippen molar-refractivity contribution < 1.29 is 0 Å². The Morgan fingerprint density at radius 2 is 2.18 bits per heavy atom. The summed E-state index contributed by atoms with van der Waals surface area (Å²) in [6.07, 6.45) is 3.92. The van der Waals surface area contributed by atoms with Crippen LogP contribution in [0.15, 0.2) is 18.2 Å². The van der Waals surface area contributed by atoms with Gasteiger partial charge in [0.05, 0.1) is 11.6 Å². The minimum absolute atomic E-state index is 0.597. The molecule has 1 fully saturated rings. The number of nitrogen functional groups attached to an aromatic ring is 1. The molecule has 17 heavy (non-hydrogen) atoms. The predicted molar refractivity (Wildman–Crippen MR) is 69.0 cm³/mol. The fourth-order valence-corrected chi connectivity index (χ4v) is 2.91. The zero-order chi connectivity index (χ0) is 11.4. The van der Waals surface area contributed by atoms with Gasteiger partial charge in [-0.05, 0) is 43.4 Å². The van der Waals surface area contributed by atoms with Crippen molar-refractivity contribution in [3.05, 3.63) is 18.2 Å². The molecule has 4 rings (SSSR count). The lowest BCUT2D eigenvalue weighted by molar-refractivity contribution is 0.378. The first-order chi connectivity index (χ1) is 8.33. The lowest BCUT2D eigenvalue weighted by Gasteiger charge is -2.25. The number of hydrogen-bond acceptors (Lipinski definition) is 3. The average Bonchev–Trinajstić information content (AvgIpc) is 3.09. The molecule has 0 spiro atoms. The fraction of sp³-hybridized carbons (Fsp3) is 0.462. The maximum Gasteiger partial charge on any atom is 0.132 e. The molecule has 0 bridgehead atoms. The van der Waals surface area contributed by atoms with Crippen molar-refractivity contribution in [2.75, 3.05) is 17.6 Å². The van der Waals surface area contributed by atoms with Gasteiger partial charge in [0.2, 0.25) is 0 Å². The standard InChI is InChI=1S/C13H16N4/c14-9-3-4-10-11(7-9)16-17-12(8-1-2-8)5-6-15-13(10)17/h3-4,7-8,12,15H,1-2,5-6,14H2. The van der Waals surface area contributed by atoms with E-state index in [9.17, 15) is 0 Å². The first-order valence-corrected chi connectivity index (χ1v) is 6.34. The Balaban J connectivity index is 1.93. The molecule has 88 valence electrons. The zero-order valence-corrected chi connectivity index (χ0v) is 9.69. The van der Waals surface area contributed by atoms with Crippen molar-refractivity contribution in [1.29, 1.82) is 0 Å². The van der Waals surface area contributed by atoms with Crippen LogP contribution in [0.4, 0.5) is 11.5 Å². The molecule has 0 saturated heterocycles. The van der Waals surface area contributed by atoms with E-state index in [1.165, 1.54) is 30.5 Å². The summed E-state index contributed by atoms with van der Waals surface area (Å²) in [7, 11) is 0. The third kappa shape index (κ3) is 1.33. The SMILES string of the molecule is Nc1ccc2c3n(nc2c1)C(C1CC1)CCN3. The average molecular weight is 228 g/mol. The second kappa shape index (κ2) is 3.15. The number of nitrogens with two attached hydrogens (primary N) is 1. The van der Waals surface area contributed by atoms with Gasteiger partial charge in [-0.3, -0.25) is 0 Å². The molecule has 1 aromatic heterocycles. The Labute approximate surface area is 99.8 Å².